The lowest BCUT2D eigenvalue weighted by atomic mass is 9.97. The zero-order valence-electron chi connectivity index (χ0n) is 15.3. The lowest BCUT2D eigenvalue weighted by Crippen LogP contribution is -2.33. The van der Waals surface area contributed by atoms with Crippen LogP contribution < -0.4 is 10.2 Å². The summed E-state index contributed by atoms with van der Waals surface area (Å²) >= 11 is 0. The number of hydrogen-bond acceptors (Lipinski definition) is 5. The first kappa shape index (κ1) is 18.9. The number of carbonyl (C=O) groups is 1. The second-order valence-electron chi connectivity index (χ2n) is 7.21. The lowest BCUT2D eigenvalue weighted by molar-refractivity contribution is 0.0953. The van der Waals surface area contributed by atoms with Gasteiger partial charge in [-0.25, -0.2) is 8.42 Å². The average molecular weight is 378 g/mol. The fraction of sp³-hybridized carbons (Fsp3) is 0.579. The number of nitrogens with zero attached hydrogens (tertiary/aromatic N) is 2. The van der Waals surface area contributed by atoms with Crippen LogP contribution in [0.25, 0.3) is 0 Å². The van der Waals surface area contributed by atoms with Crippen molar-refractivity contribution in [3.63, 3.8) is 0 Å². The van der Waals surface area contributed by atoms with Gasteiger partial charge in [-0.3, -0.25) is 9.78 Å². The number of nitrogens with one attached hydrogen (secondary N) is 1. The molecule has 142 valence electrons. The maximum Gasteiger partial charge on any atom is 0.252 e. The van der Waals surface area contributed by atoms with Crippen LogP contribution in [0, 0.1) is 0 Å². The second kappa shape index (κ2) is 8.20. The molecule has 1 N–H and O–H groups in total. The molecule has 1 fully saturated rings. The van der Waals surface area contributed by atoms with Gasteiger partial charge in [-0.2, -0.15) is 0 Å². The molecular formula is C19H27N3O3S. The highest BCUT2D eigenvalue weighted by atomic mass is 32.2. The summed E-state index contributed by atoms with van der Waals surface area (Å²) in [5, 5.41) is 2.96. The molecule has 1 aromatic heterocycles. The third-order valence-electron chi connectivity index (χ3n) is 5.27. The molecule has 26 heavy (non-hydrogen) atoms. The van der Waals surface area contributed by atoms with Gasteiger partial charge in [-0.05, 0) is 44.6 Å². The Morgan fingerprint density at radius 2 is 2.19 bits per heavy atom. The Morgan fingerprint density at radius 3 is 2.88 bits per heavy atom. The number of pyridine rings is 1. The van der Waals surface area contributed by atoms with E-state index in [1.54, 1.807) is 18.5 Å². The van der Waals surface area contributed by atoms with Crippen LogP contribution in [-0.2, 0) is 9.84 Å². The molecule has 1 unspecified atom stereocenters. The molecule has 0 radical (unpaired) electrons. The van der Waals surface area contributed by atoms with Crippen molar-refractivity contribution in [2.75, 3.05) is 30.0 Å². The van der Waals surface area contributed by atoms with Crippen LogP contribution in [0.3, 0.4) is 0 Å². The van der Waals surface area contributed by atoms with Crippen molar-refractivity contribution in [3.05, 3.63) is 35.7 Å². The van der Waals surface area contributed by atoms with Gasteiger partial charge in [0.1, 0.15) is 0 Å². The van der Waals surface area contributed by atoms with Crippen LogP contribution in [0.4, 0.5) is 5.69 Å². The van der Waals surface area contributed by atoms with Gasteiger partial charge >= 0.3 is 0 Å². The first-order chi connectivity index (χ1) is 12.4. The molecule has 1 aliphatic carbocycles. The van der Waals surface area contributed by atoms with Crippen LogP contribution in [-0.4, -0.2) is 50.4 Å². The fourth-order valence-corrected chi connectivity index (χ4v) is 5.38. The number of amides is 1. The maximum atomic E-state index is 12.4. The standard InChI is InChI=1S/C19H27N3O3S/c1-22(17-8-10-26(24,25)14-17)18-11-16(12-20-13-18)19(23)21-9-7-15-5-3-2-4-6-15/h5,11-13,17H,2-4,6-10,14H2,1H3,(H,21,23). The summed E-state index contributed by atoms with van der Waals surface area (Å²) in [6.07, 6.45) is 11.8. The molecule has 3 rings (SSSR count). The van der Waals surface area contributed by atoms with Crippen LogP contribution in [0.5, 0.6) is 0 Å². The van der Waals surface area contributed by atoms with E-state index in [1.165, 1.54) is 18.4 Å². The van der Waals surface area contributed by atoms with Crippen molar-refractivity contribution in [2.45, 2.75) is 44.6 Å². The molecule has 1 saturated heterocycles. The Balaban J connectivity index is 1.57. The quantitative estimate of drug-likeness (QED) is 0.770. The van der Waals surface area contributed by atoms with Gasteiger partial charge in [-0.15, -0.1) is 0 Å². The Bertz CT molecular complexity index is 789. The second-order valence-corrected chi connectivity index (χ2v) is 9.44. The molecule has 7 heteroatoms. The minimum absolute atomic E-state index is 0.0571. The SMILES string of the molecule is CN(c1cncc(C(=O)NCCC2=CCCCC2)c1)C1CCS(=O)(=O)C1. The van der Waals surface area contributed by atoms with E-state index in [9.17, 15) is 13.2 Å². The number of sulfone groups is 1. The number of rotatable bonds is 6. The summed E-state index contributed by atoms with van der Waals surface area (Å²) in [6, 6.07) is 1.73. The zero-order chi connectivity index (χ0) is 18.6. The number of allylic oxidation sites excluding steroid dienone is 1. The minimum Gasteiger partial charge on any atom is -0.369 e. The van der Waals surface area contributed by atoms with E-state index in [0.717, 1.165) is 24.9 Å². The highest BCUT2D eigenvalue weighted by molar-refractivity contribution is 7.91. The molecule has 0 spiro atoms. The number of aromatic nitrogens is 1. The van der Waals surface area contributed by atoms with Crippen molar-refractivity contribution >= 4 is 21.4 Å². The van der Waals surface area contributed by atoms with Gasteiger partial charge in [0.05, 0.1) is 29.0 Å². The van der Waals surface area contributed by atoms with E-state index < -0.39 is 9.84 Å². The average Bonchev–Trinajstić information content (AvgIpc) is 3.02. The van der Waals surface area contributed by atoms with E-state index in [4.69, 9.17) is 0 Å². The summed E-state index contributed by atoms with van der Waals surface area (Å²) in [5.74, 6) is 0.253. The largest absolute Gasteiger partial charge is 0.369 e. The third kappa shape index (κ3) is 4.84. The molecular weight excluding hydrogens is 350 g/mol. The first-order valence-corrected chi connectivity index (χ1v) is 11.1. The summed E-state index contributed by atoms with van der Waals surface area (Å²) in [7, 11) is -1.08. The summed E-state index contributed by atoms with van der Waals surface area (Å²) in [5.41, 5.74) is 2.72. The number of hydrogen-bond donors (Lipinski definition) is 1. The van der Waals surface area contributed by atoms with E-state index >= 15 is 0 Å². The molecule has 2 heterocycles. The van der Waals surface area contributed by atoms with Crippen LogP contribution in [0.2, 0.25) is 0 Å². The van der Waals surface area contributed by atoms with Gasteiger partial charge in [0.25, 0.3) is 5.91 Å². The molecule has 1 aliphatic heterocycles. The molecule has 1 aromatic rings. The van der Waals surface area contributed by atoms with Crippen LogP contribution in [0.1, 0.15) is 48.9 Å². The van der Waals surface area contributed by atoms with E-state index in [1.807, 2.05) is 11.9 Å². The van der Waals surface area contributed by atoms with Gasteiger partial charge in [-0.1, -0.05) is 11.6 Å². The minimum atomic E-state index is -2.94. The Hall–Kier alpha value is -1.89. The molecule has 0 bridgehead atoms. The molecule has 1 amide bonds. The number of carbonyl (C=O) groups excluding carboxylic acids is 1. The van der Waals surface area contributed by atoms with Crippen molar-refractivity contribution in [1.82, 2.24) is 10.3 Å². The summed E-state index contributed by atoms with van der Waals surface area (Å²) < 4.78 is 23.4. The Kier molecular flexibility index (Phi) is 5.96. The molecule has 2 aliphatic rings. The van der Waals surface area contributed by atoms with Crippen molar-refractivity contribution in [3.8, 4) is 0 Å². The third-order valence-corrected chi connectivity index (χ3v) is 7.02. The smallest absolute Gasteiger partial charge is 0.252 e. The fourth-order valence-electron chi connectivity index (χ4n) is 3.61. The van der Waals surface area contributed by atoms with E-state index in [0.29, 0.717) is 18.5 Å². The molecule has 0 aromatic carbocycles. The van der Waals surface area contributed by atoms with Gasteiger partial charge in [0.2, 0.25) is 0 Å². The zero-order valence-corrected chi connectivity index (χ0v) is 16.1. The van der Waals surface area contributed by atoms with E-state index in [2.05, 4.69) is 16.4 Å². The van der Waals surface area contributed by atoms with E-state index in [-0.39, 0.29) is 23.5 Å². The molecule has 1 atom stereocenters. The molecule has 0 saturated carbocycles. The Labute approximate surface area is 155 Å². The monoisotopic (exact) mass is 377 g/mol. The van der Waals surface area contributed by atoms with Crippen molar-refractivity contribution < 1.29 is 13.2 Å². The predicted molar refractivity (Wildman–Crippen MR) is 103 cm³/mol. The lowest BCUT2D eigenvalue weighted by Gasteiger charge is -2.25. The number of anilines is 1. The highest BCUT2D eigenvalue weighted by Gasteiger charge is 2.31. The van der Waals surface area contributed by atoms with Crippen molar-refractivity contribution in [2.24, 2.45) is 0 Å². The van der Waals surface area contributed by atoms with Crippen LogP contribution >= 0.6 is 0 Å². The topological polar surface area (TPSA) is 79.4 Å². The van der Waals surface area contributed by atoms with Gasteiger partial charge in [0, 0.05) is 25.8 Å². The Morgan fingerprint density at radius 1 is 1.35 bits per heavy atom. The summed E-state index contributed by atoms with van der Waals surface area (Å²) in [6.45, 7) is 0.631. The van der Waals surface area contributed by atoms with Gasteiger partial charge in [0.15, 0.2) is 9.84 Å². The predicted octanol–water partition coefficient (Wildman–Crippen LogP) is 2.33. The first-order valence-electron chi connectivity index (χ1n) is 9.29. The maximum absolute atomic E-state index is 12.4. The van der Waals surface area contributed by atoms with Crippen LogP contribution in [0.15, 0.2) is 30.1 Å². The highest BCUT2D eigenvalue weighted by Crippen LogP contribution is 2.23. The van der Waals surface area contributed by atoms with Gasteiger partial charge < -0.3 is 10.2 Å². The normalized spacial score (nSPS) is 21.9. The summed E-state index contributed by atoms with van der Waals surface area (Å²) in [4.78, 5) is 18.5. The van der Waals surface area contributed by atoms with Crippen molar-refractivity contribution in [1.29, 1.82) is 0 Å². The molecule has 6 nitrogen and oxygen atoms in total.